The quantitative estimate of drug-likeness (QED) is 0.450. The average molecular weight is 343 g/mol. The van der Waals surface area contributed by atoms with Crippen LogP contribution in [0.4, 0.5) is 0 Å². The van der Waals surface area contributed by atoms with E-state index < -0.39 is 0 Å². The van der Waals surface area contributed by atoms with Crippen molar-refractivity contribution in [2.24, 2.45) is 0 Å². The highest BCUT2D eigenvalue weighted by atomic mass is 14.3. The van der Waals surface area contributed by atoms with E-state index in [1.54, 1.807) is 11.1 Å². The van der Waals surface area contributed by atoms with Gasteiger partial charge >= 0.3 is 0 Å². The fraction of sp³-hybridized carbons (Fsp3) is 0.385. The molecule has 0 aliphatic heterocycles. The van der Waals surface area contributed by atoms with Crippen LogP contribution in [0.25, 0.3) is 21.9 Å². The van der Waals surface area contributed by atoms with Gasteiger partial charge in [0.1, 0.15) is 0 Å². The summed E-state index contributed by atoms with van der Waals surface area (Å²) in [6, 6.07) is 16.5. The molecule has 1 aliphatic rings. The predicted molar refractivity (Wildman–Crippen MR) is 114 cm³/mol. The standard InChI is InChI=1S/C26H30/c1-5-7-25-23-12-8-17(3)14-20(23)11-13-24(25)21-15-18(4)22(6-2)26(16-21)19-9-10-19/h8,11-16,19H,5-7,9-10H2,1-4H3. The number of hydrogen-bond acceptors (Lipinski definition) is 0. The molecule has 0 nitrogen and oxygen atoms in total. The molecule has 0 aromatic heterocycles. The number of fused-ring (bicyclic) bond motifs is 1. The van der Waals surface area contributed by atoms with E-state index in [0.717, 1.165) is 18.8 Å². The second-order valence-corrected chi connectivity index (χ2v) is 8.06. The van der Waals surface area contributed by atoms with E-state index in [1.807, 2.05) is 0 Å². The first-order valence-electron chi connectivity index (χ1n) is 10.3. The van der Waals surface area contributed by atoms with E-state index in [9.17, 15) is 0 Å². The van der Waals surface area contributed by atoms with Crippen molar-refractivity contribution in [3.8, 4) is 11.1 Å². The van der Waals surface area contributed by atoms with Gasteiger partial charge < -0.3 is 0 Å². The summed E-state index contributed by atoms with van der Waals surface area (Å²) in [5.74, 6) is 0.807. The summed E-state index contributed by atoms with van der Waals surface area (Å²) in [7, 11) is 0. The topological polar surface area (TPSA) is 0 Å². The first kappa shape index (κ1) is 17.3. The molecule has 1 aliphatic carbocycles. The second kappa shape index (κ2) is 6.91. The molecule has 134 valence electrons. The van der Waals surface area contributed by atoms with E-state index in [2.05, 4.69) is 70.2 Å². The van der Waals surface area contributed by atoms with Gasteiger partial charge in [-0.05, 0) is 89.6 Å². The molecule has 0 unspecified atom stereocenters. The Morgan fingerprint density at radius 1 is 0.885 bits per heavy atom. The zero-order valence-corrected chi connectivity index (χ0v) is 16.7. The lowest BCUT2D eigenvalue weighted by Crippen LogP contribution is -1.98. The Bertz CT molecular complexity index is 957. The summed E-state index contributed by atoms with van der Waals surface area (Å²) in [5.41, 5.74) is 10.4. The molecule has 0 amide bonds. The van der Waals surface area contributed by atoms with Crippen LogP contribution < -0.4 is 0 Å². The van der Waals surface area contributed by atoms with Gasteiger partial charge in [0.15, 0.2) is 0 Å². The van der Waals surface area contributed by atoms with Gasteiger partial charge in [-0.2, -0.15) is 0 Å². The van der Waals surface area contributed by atoms with Crippen LogP contribution in [-0.2, 0) is 12.8 Å². The molecule has 0 atom stereocenters. The Labute approximate surface area is 158 Å². The van der Waals surface area contributed by atoms with Crippen molar-refractivity contribution in [2.45, 2.75) is 65.7 Å². The number of benzene rings is 3. The Morgan fingerprint density at radius 2 is 1.69 bits per heavy atom. The molecule has 1 fully saturated rings. The molecule has 0 heteroatoms. The molecular formula is C26H30. The predicted octanol–water partition coefficient (Wildman–Crippen LogP) is 7.52. The highest BCUT2D eigenvalue weighted by Crippen LogP contribution is 2.44. The number of rotatable bonds is 5. The SMILES string of the molecule is CCCc1c(-c2cc(C)c(CC)c(C3CC3)c2)ccc2cc(C)ccc12. The first-order chi connectivity index (χ1) is 12.6. The van der Waals surface area contributed by atoms with Gasteiger partial charge in [-0.15, -0.1) is 0 Å². The summed E-state index contributed by atoms with van der Waals surface area (Å²) in [6.45, 7) is 9.08. The Balaban J connectivity index is 1.93. The summed E-state index contributed by atoms with van der Waals surface area (Å²) >= 11 is 0. The normalized spacial score (nSPS) is 14.2. The fourth-order valence-electron chi connectivity index (χ4n) is 4.54. The molecule has 0 saturated heterocycles. The Hall–Kier alpha value is -2.08. The molecule has 3 aromatic carbocycles. The molecule has 0 spiro atoms. The molecule has 0 heterocycles. The minimum Gasteiger partial charge on any atom is -0.0651 e. The maximum Gasteiger partial charge on any atom is -0.0145 e. The number of hydrogen-bond donors (Lipinski definition) is 0. The van der Waals surface area contributed by atoms with Crippen LogP contribution >= 0.6 is 0 Å². The van der Waals surface area contributed by atoms with Crippen LogP contribution in [0.1, 0.15) is 66.8 Å². The van der Waals surface area contributed by atoms with Crippen molar-refractivity contribution in [1.29, 1.82) is 0 Å². The zero-order valence-electron chi connectivity index (χ0n) is 16.7. The number of aryl methyl sites for hydroxylation is 3. The Kier molecular flexibility index (Phi) is 4.61. The minimum absolute atomic E-state index is 0.807. The highest BCUT2D eigenvalue weighted by Gasteiger charge is 2.27. The van der Waals surface area contributed by atoms with Crippen molar-refractivity contribution in [3.63, 3.8) is 0 Å². The van der Waals surface area contributed by atoms with E-state index in [1.165, 1.54) is 57.9 Å². The molecule has 4 rings (SSSR count). The van der Waals surface area contributed by atoms with Gasteiger partial charge in [0, 0.05) is 0 Å². The largest absolute Gasteiger partial charge is 0.0651 e. The molecule has 0 bridgehead atoms. The van der Waals surface area contributed by atoms with Crippen LogP contribution in [-0.4, -0.2) is 0 Å². The van der Waals surface area contributed by atoms with Gasteiger partial charge in [-0.1, -0.05) is 68.3 Å². The van der Waals surface area contributed by atoms with E-state index in [-0.39, 0.29) is 0 Å². The summed E-state index contributed by atoms with van der Waals surface area (Å²) in [6.07, 6.45) is 6.21. The van der Waals surface area contributed by atoms with Crippen molar-refractivity contribution in [2.75, 3.05) is 0 Å². The lowest BCUT2D eigenvalue weighted by atomic mass is 9.87. The van der Waals surface area contributed by atoms with Gasteiger partial charge in [-0.3, -0.25) is 0 Å². The van der Waals surface area contributed by atoms with Gasteiger partial charge in [-0.25, -0.2) is 0 Å². The smallest absolute Gasteiger partial charge is 0.0145 e. The summed E-state index contributed by atoms with van der Waals surface area (Å²) in [4.78, 5) is 0. The van der Waals surface area contributed by atoms with Crippen molar-refractivity contribution in [1.82, 2.24) is 0 Å². The van der Waals surface area contributed by atoms with Crippen LogP contribution in [0.15, 0.2) is 42.5 Å². The fourth-order valence-corrected chi connectivity index (χ4v) is 4.54. The maximum atomic E-state index is 2.51. The highest BCUT2D eigenvalue weighted by molar-refractivity contribution is 5.92. The Morgan fingerprint density at radius 3 is 2.38 bits per heavy atom. The van der Waals surface area contributed by atoms with Crippen LogP contribution in [0.5, 0.6) is 0 Å². The second-order valence-electron chi connectivity index (χ2n) is 8.06. The van der Waals surface area contributed by atoms with Gasteiger partial charge in [0.05, 0.1) is 0 Å². The first-order valence-corrected chi connectivity index (χ1v) is 10.3. The molecule has 0 N–H and O–H groups in total. The lowest BCUT2D eigenvalue weighted by molar-refractivity contribution is 0.930. The van der Waals surface area contributed by atoms with Crippen molar-refractivity contribution in [3.05, 3.63) is 70.3 Å². The molecule has 3 aromatic rings. The zero-order chi connectivity index (χ0) is 18.3. The van der Waals surface area contributed by atoms with Crippen LogP contribution in [0.3, 0.4) is 0 Å². The van der Waals surface area contributed by atoms with E-state index >= 15 is 0 Å². The van der Waals surface area contributed by atoms with Gasteiger partial charge in [0.2, 0.25) is 0 Å². The monoisotopic (exact) mass is 342 g/mol. The maximum absolute atomic E-state index is 2.51. The minimum atomic E-state index is 0.807. The van der Waals surface area contributed by atoms with E-state index in [0.29, 0.717) is 0 Å². The third-order valence-electron chi connectivity index (χ3n) is 5.98. The van der Waals surface area contributed by atoms with Crippen molar-refractivity contribution < 1.29 is 0 Å². The van der Waals surface area contributed by atoms with Crippen LogP contribution in [0.2, 0.25) is 0 Å². The third-order valence-corrected chi connectivity index (χ3v) is 5.98. The van der Waals surface area contributed by atoms with Gasteiger partial charge in [0.25, 0.3) is 0 Å². The van der Waals surface area contributed by atoms with Crippen LogP contribution in [0, 0.1) is 13.8 Å². The molecule has 1 saturated carbocycles. The summed E-state index contributed by atoms with van der Waals surface area (Å²) in [5, 5.41) is 2.81. The van der Waals surface area contributed by atoms with E-state index in [4.69, 9.17) is 0 Å². The third kappa shape index (κ3) is 3.07. The average Bonchev–Trinajstić information content (AvgIpc) is 3.46. The summed E-state index contributed by atoms with van der Waals surface area (Å²) < 4.78 is 0. The lowest BCUT2D eigenvalue weighted by Gasteiger charge is -2.18. The van der Waals surface area contributed by atoms with Crippen molar-refractivity contribution >= 4 is 10.8 Å². The molecule has 0 radical (unpaired) electrons. The molecular weight excluding hydrogens is 312 g/mol. The molecule has 26 heavy (non-hydrogen) atoms.